The van der Waals surface area contributed by atoms with E-state index in [0.29, 0.717) is 0 Å². The van der Waals surface area contributed by atoms with E-state index in [1.54, 1.807) is 6.21 Å². The molecule has 0 amide bonds. The normalized spacial score (nSPS) is 38.0. The molecule has 1 saturated heterocycles. The molecular weight excluding hydrogens is 120 g/mol. The second-order valence-electron chi connectivity index (χ2n) is 1.93. The van der Waals surface area contributed by atoms with Gasteiger partial charge in [-0.05, 0) is 0 Å². The summed E-state index contributed by atoms with van der Waals surface area (Å²) in [6, 6.07) is 0. The van der Waals surface area contributed by atoms with Crippen LogP contribution in [0.5, 0.6) is 0 Å². The van der Waals surface area contributed by atoms with Crippen LogP contribution < -0.4 is 10.7 Å². The molecule has 3 N–H and O–H groups in total. The number of hydrazone groups is 1. The summed E-state index contributed by atoms with van der Waals surface area (Å²) in [6.45, 7) is 0. The molecule has 0 aromatic carbocycles. The van der Waals surface area contributed by atoms with Crippen LogP contribution in [0.25, 0.3) is 0 Å². The molecule has 0 spiro atoms. The fraction of sp³-hybridized carbons (Fsp3) is 0.500. The van der Waals surface area contributed by atoms with Gasteiger partial charge in [0.25, 0.3) is 0 Å². The van der Waals surface area contributed by atoms with Crippen molar-refractivity contribution in [2.24, 2.45) is 5.10 Å². The summed E-state index contributed by atoms with van der Waals surface area (Å²) in [4.78, 5) is 0. The summed E-state index contributed by atoms with van der Waals surface area (Å²) in [5.41, 5.74) is 2.47. The average Bonchev–Trinajstić information content (AvgIpc) is 2.43. The van der Waals surface area contributed by atoms with Gasteiger partial charge in [-0.1, -0.05) is 0 Å². The maximum absolute atomic E-state index is 7.07. The van der Waals surface area contributed by atoms with Crippen molar-refractivity contribution in [3.8, 4) is 0 Å². The van der Waals surface area contributed by atoms with Crippen LogP contribution in [-0.4, -0.2) is 24.5 Å². The van der Waals surface area contributed by atoms with Crippen molar-refractivity contribution in [2.45, 2.75) is 12.3 Å². The number of fused-ring (bicyclic) bond motifs is 1. The van der Waals surface area contributed by atoms with E-state index in [0.717, 1.165) is 0 Å². The van der Waals surface area contributed by atoms with Crippen molar-refractivity contribution in [3.05, 3.63) is 0 Å². The van der Waals surface area contributed by atoms with Gasteiger partial charge in [0.15, 0.2) is 6.23 Å². The third-order valence-electron chi connectivity index (χ3n) is 1.21. The molecule has 0 saturated carbocycles. The van der Waals surface area contributed by atoms with Gasteiger partial charge < -0.3 is 10.1 Å². The predicted octanol–water partition coefficient (Wildman–Crippen LogP) is -1.18. The van der Waals surface area contributed by atoms with E-state index in [1.807, 2.05) is 0 Å². The topological polar surface area (TPSA) is 72.8 Å². The summed E-state index contributed by atoms with van der Waals surface area (Å²) in [6.07, 6.45) is 1.69. The maximum Gasteiger partial charge on any atom is 0.211 e. The van der Waals surface area contributed by atoms with Gasteiger partial charge in [-0.15, -0.1) is 0 Å². The zero-order chi connectivity index (χ0) is 6.27. The smallest absolute Gasteiger partial charge is 0.211 e. The first-order valence-electron chi connectivity index (χ1n) is 2.66. The van der Waals surface area contributed by atoms with Crippen molar-refractivity contribution >= 4 is 12.2 Å². The third kappa shape index (κ3) is 0.746. The molecule has 2 rings (SSSR count). The zero-order valence-corrected chi connectivity index (χ0v) is 4.59. The number of hydrogen-bond donors (Lipinski definition) is 3. The second kappa shape index (κ2) is 1.44. The molecule has 2 heterocycles. The Labute approximate surface area is 51.6 Å². The molecule has 1 fully saturated rings. The Morgan fingerprint density at radius 2 is 2.67 bits per heavy atom. The van der Waals surface area contributed by atoms with E-state index in [1.165, 1.54) is 0 Å². The molecule has 0 bridgehead atoms. The largest absolute Gasteiger partial charge is 0.342 e. The first-order chi connectivity index (χ1) is 4.36. The molecule has 5 heteroatoms. The van der Waals surface area contributed by atoms with E-state index in [9.17, 15) is 0 Å². The molecule has 9 heavy (non-hydrogen) atoms. The highest BCUT2D eigenvalue weighted by Crippen LogP contribution is 2.17. The zero-order valence-electron chi connectivity index (χ0n) is 4.59. The number of epoxide rings is 1. The summed E-state index contributed by atoms with van der Waals surface area (Å²) in [7, 11) is 0. The van der Waals surface area contributed by atoms with Gasteiger partial charge in [-0.25, -0.2) is 5.43 Å². The molecule has 0 aliphatic carbocycles. The molecular formula is C4H6N4O. The van der Waals surface area contributed by atoms with Crippen LogP contribution in [0.3, 0.4) is 0 Å². The summed E-state index contributed by atoms with van der Waals surface area (Å²) < 4.78 is 4.99. The van der Waals surface area contributed by atoms with Crippen LogP contribution >= 0.6 is 0 Å². The third-order valence-corrected chi connectivity index (χ3v) is 1.21. The molecule has 0 aromatic heterocycles. The molecule has 2 aliphatic rings. The standard InChI is InChI=1S/C4H6N4O/c5-4-7-3-2(9-3)1-6-8-4/h1-3H,(H3,5,7,8). The van der Waals surface area contributed by atoms with Crippen LogP contribution in [0.15, 0.2) is 5.10 Å². The van der Waals surface area contributed by atoms with Crippen LogP contribution in [0.1, 0.15) is 0 Å². The van der Waals surface area contributed by atoms with Gasteiger partial charge in [0.1, 0.15) is 6.10 Å². The Morgan fingerprint density at radius 1 is 1.78 bits per heavy atom. The van der Waals surface area contributed by atoms with Crippen LogP contribution in [0.2, 0.25) is 0 Å². The van der Waals surface area contributed by atoms with Gasteiger partial charge >= 0.3 is 0 Å². The van der Waals surface area contributed by atoms with Gasteiger partial charge in [-0.2, -0.15) is 5.10 Å². The highest BCUT2D eigenvalue weighted by Gasteiger charge is 2.39. The van der Waals surface area contributed by atoms with E-state index in [4.69, 9.17) is 10.1 Å². The van der Waals surface area contributed by atoms with Crippen LogP contribution in [0, 0.1) is 5.41 Å². The van der Waals surface area contributed by atoms with Gasteiger partial charge in [0, 0.05) is 0 Å². The van der Waals surface area contributed by atoms with E-state index in [2.05, 4.69) is 15.8 Å². The molecule has 5 nitrogen and oxygen atoms in total. The Kier molecular flexibility index (Phi) is 0.762. The van der Waals surface area contributed by atoms with Crippen molar-refractivity contribution in [2.75, 3.05) is 0 Å². The average molecular weight is 126 g/mol. The van der Waals surface area contributed by atoms with Crippen LogP contribution in [-0.2, 0) is 4.74 Å². The predicted molar refractivity (Wildman–Crippen MR) is 31.2 cm³/mol. The minimum Gasteiger partial charge on any atom is -0.342 e. The Morgan fingerprint density at radius 3 is 3.56 bits per heavy atom. The quantitative estimate of drug-likeness (QED) is 0.358. The van der Waals surface area contributed by atoms with Crippen molar-refractivity contribution in [3.63, 3.8) is 0 Å². The molecule has 0 aromatic rings. The fourth-order valence-corrected chi connectivity index (χ4v) is 0.703. The summed E-state index contributed by atoms with van der Waals surface area (Å²) in [5.74, 6) is 0.191. The Hall–Kier alpha value is -1.10. The SMILES string of the molecule is N=C1NN=CC2OC2N1. The molecule has 2 unspecified atom stereocenters. The number of rotatable bonds is 0. The summed E-state index contributed by atoms with van der Waals surface area (Å²) in [5, 5.41) is 13.5. The Bertz CT molecular complexity index is 177. The van der Waals surface area contributed by atoms with E-state index < -0.39 is 0 Å². The van der Waals surface area contributed by atoms with Crippen molar-refractivity contribution in [1.29, 1.82) is 5.41 Å². The molecule has 0 radical (unpaired) electrons. The molecule has 48 valence electrons. The lowest BCUT2D eigenvalue weighted by atomic mass is 10.5. The number of nitrogens with one attached hydrogen (secondary N) is 3. The van der Waals surface area contributed by atoms with Gasteiger partial charge in [0.2, 0.25) is 5.96 Å². The summed E-state index contributed by atoms with van der Waals surface area (Å²) >= 11 is 0. The highest BCUT2D eigenvalue weighted by atomic mass is 16.6. The minimum absolute atomic E-state index is 0.0174. The number of ether oxygens (including phenoxy) is 1. The monoisotopic (exact) mass is 126 g/mol. The number of nitrogens with zero attached hydrogens (tertiary/aromatic N) is 1. The maximum atomic E-state index is 7.07. The molecule has 2 atom stereocenters. The van der Waals surface area contributed by atoms with Gasteiger partial charge in [-0.3, -0.25) is 5.41 Å². The van der Waals surface area contributed by atoms with Gasteiger partial charge in [0.05, 0.1) is 6.21 Å². The Balaban J connectivity index is 2.11. The minimum atomic E-state index is -0.0174. The van der Waals surface area contributed by atoms with Crippen molar-refractivity contribution < 1.29 is 4.74 Å². The fourth-order valence-electron chi connectivity index (χ4n) is 0.703. The van der Waals surface area contributed by atoms with E-state index >= 15 is 0 Å². The number of guanidine groups is 1. The second-order valence-corrected chi connectivity index (χ2v) is 1.93. The lowest BCUT2D eigenvalue weighted by Crippen LogP contribution is -2.34. The lowest BCUT2D eigenvalue weighted by molar-refractivity contribution is 0.381. The van der Waals surface area contributed by atoms with Crippen LogP contribution in [0.4, 0.5) is 0 Å². The first kappa shape index (κ1) is 4.75. The highest BCUT2D eigenvalue weighted by molar-refractivity contribution is 5.81. The van der Waals surface area contributed by atoms with Crippen molar-refractivity contribution in [1.82, 2.24) is 10.7 Å². The first-order valence-corrected chi connectivity index (χ1v) is 2.66. The number of hydrogen-bond acceptors (Lipinski definition) is 3. The lowest BCUT2D eigenvalue weighted by Gasteiger charge is -1.98. The van der Waals surface area contributed by atoms with E-state index in [-0.39, 0.29) is 18.3 Å². The molecule has 2 aliphatic heterocycles.